The molecule has 2 unspecified atom stereocenters. The summed E-state index contributed by atoms with van der Waals surface area (Å²) in [5.41, 5.74) is -0.453. The molecule has 3 nitrogen and oxygen atoms in total. The zero-order valence-corrected chi connectivity index (χ0v) is 12.5. The Balaban J connectivity index is 1.73. The summed E-state index contributed by atoms with van der Waals surface area (Å²) in [6, 6.07) is 5.45. The van der Waals surface area contributed by atoms with Crippen molar-refractivity contribution in [2.24, 2.45) is 5.92 Å². The quantitative estimate of drug-likeness (QED) is 0.918. The van der Waals surface area contributed by atoms with Gasteiger partial charge in [0.25, 0.3) is 0 Å². The standard InChI is InChI=1S/C15H13F3N2OS/c1-8-7-19-14(22-8)20-13(21)11-6-10(11)9-4-2-3-5-12(9)15(16,17)18/h2-5,7,10-11H,6H2,1H3,(H,19,20,21). The number of nitrogens with one attached hydrogen (secondary N) is 1. The third-order valence-electron chi connectivity index (χ3n) is 3.64. The minimum atomic E-state index is -4.40. The molecule has 1 fully saturated rings. The number of aryl methyl sites for hydroxylation is 1. The van der Waals surface area contributed by atoms with E-state index in [-0.39, 0.29) is 17.4 Å². The first kappa shape index (κ1) is 15.0. The molecular weight excluding hydrogens is 313 g/mol. The summed E-state index contributed by atoms with van der Waals surface area (Å²) in [5.74, 6) is -1.07. The summed E-state index contributed by atoms with van der Waals surface area (Å²) in [4.78, 5) is 17.1. The molecule has 0 bridgehead atoms. The molecule has 3 rings (SSSR count). The molecule has 7 heteroatoms. The fourth-order valence-corrected chi connectivity index (χ4v) is 3.19. The lowest BCUT2D eigenvalue weighted by Crippen LogP contribution is -2.15. The van der Waals surface area contributed by atoms with E-state index in [0.717, 1.165) is 10.9 Å². The van der Waals surface area contributed by atoms with Crippen LogP contribution < -0.4 is 5.32 Å². The maximum Gasteiger partial charge on any atom is 0.416 e. The number of hydrogen-bond acceptors (Lipinski definition) is 3. The smallest absolute Gasteiger partial charge is 0.302 e. The van der Waals surface area contributed by atoms with Crippen LogP contribution in [0.2, 0.25) is 0 Å². The van der Waals surface area contributed by atoms with Crippen molar-refractivity contribution in [3.8, 4) is 0 Å². The molecule has 1 amide bonds. The average Bonchev–Trinajstić information content (AvgIpc) is 3.15. The van der Waals surface area contributed by atoms with Crippen LogP contribution in [0.25, 0.3) is 0 Å². The first-order chi connectivity index (χ1) is 10.4. The highest BCUT2D eigenvalue weighted by Crippen LogP contribution is 2.51. The van der Waals surface area contributed by atoms with Crippen molar-refractivity contribution in [1.82, 2.24) is 4.98 Å². The zero-order valence-electron chi connectivity index (χ0n) is 11.6. The number of hydrogen-bond donors (Lipinski definition) is 1. The Hall–Kier alpha value is -1.89. The second-order valence-corrected chi connectivity index (χ2v) is 6.53. The molecule has 1 N–H and O–H groups in total. The van der Waals surface area contributed by atoms with E-state index in [1.807, 2.05) is 6.92 Å². The van der Waals surface area contributed by atoms with Crippen molar-refractivity contribution in [1.29, 1.82) is 0 Å². The van der Waals surface area contributed by atoms with E-state index >= 15 is 0 Å². The number of carbonyl (C=O) groups is 1. The van der Waals surface area contributed by atoms with E-state index < -0.39 is 17.7 Å². The summed E-state index contributed by atoms with van der Waals surface area (Å²) in [5, 5.41) is 3.15. The fourth-order valence-electron chi connectivity index (χ4n) is 2.52. The molecule has 0 aliphatic heterocycles. The lowest BCUT2D eigenvalue weighted by Gasteiger charge is -2.12. The molecule has 1 aromatic heterocycles. The molecule has 1 aliphatic rings. The summed E-state index contributed by atoms with van der Waals surface area (Å²) >= 11 is 1.34. The van der Waals surface area contributed by atoms with E-state index in [1.165, 1.54) is 23.5 Å². The maximum atomic E-state index is 13.0. The SMILES string of the molecule is Cc1cnc(NC(=O)C2CC2c2ccccc2C(F)(F)F)s1. The Labute approximate surface area is 129 Å². The second-order valence-electron chi connectivity index (χ2n) is 5.30. The Morgan fingerprint density at radius 1 is 1.36 bits per heavy atom. The maximum absolute atomic E-state index is 13.0. The van der Waals surface area contributed by atoms with Crippen molar-refractivity contribution in [2.75, 3.05) is 5.32 Å². The van der Waals surface area contributed by atoms with Crippen LogP contribution >= 0.6 is 11.3 Å². The van der Waals surface area contributed by atoms with Gasteiger partial charge < -0.3 is 5.32 Å². The van der Waals surface area contributed by atoms with Gasteiger partial charge in [-0.25, -0.2) is 4.98 Å². The predicted molar refractivity (Wildman–Crippen MR) is 77.8 cm³/mol. The second kappa shape index (κ2) is 5.39. The monoisotopic (exact) mass is 326 g/mol. The van der Waals surface area contributed by atoms with Gasteiger partial charge in [0.2, 0.25) is 5.91 Å². The molecule has 0 saturated heterocycles. The van der Waals surface area contributed by atoms with Gasteiger partial charge in [0.1, 0.15) is 0 Å². The van der Waals surface area contributed by atoms with Crippen molar-refractivity contribution >= 4 is 22.4 Å². The van der Waals surface area contributed by atoms with Crippen molar-refractivity contribution < 1.29 is 18.0 Å². The molecule has 1 aromatic carbocycles. The topological polar surface area (TPSA) is 42.0 Å². The number of carbonyl (C=O) groups excluding carboxylic acids is 1. The number of halogens is 3. The number of thiazole rings is 1. The van der Waals surface area contributed by atoms with Gasteiger partial charge in [-0.05, 0) is 30.9 Å². The summed E-state index contributed by atoms with van der Waals surface area (Å²) in [7, 11) is 0. The highest BCUT2D eigenvalue weighted by molar-refractivity contribution is 7.15. The lowest BCUT2D eigenvalue weighted by atomic mass is 10.0. The molecule has 1 aliphatic carbocycles. The van der Waals surface area contributed by atoms with Crippen LogP contribution in [0.4, 0.5) is 18.3 Å². The molecule has 1 heterocycles. The van der Waals surface area contributed by atoms with Crippen LogP contribution in [0, 0.1) is 12.8 Å². The van der Waals surface area contributed by atoms with Gasteiger partial charge in [-0.3, -0.25) is 4.79 Å². The first-order valence-electron chi connectivity index (χ1n) is 6.75. The summed E-state index contributed by atoms with van der Waals surface area (Å²) in [6.07, 6.45) is -2.32. The van der Waals surface area contributed by atoms with Gasteiger partial charge in [0.05, 0.1) is 5.56 Å². The minimum absolute atomic E-state index is 0.200. The van der Waals surface area contributed by atoms with Crippen LogP contribution in [0.1, 0.15) is 28.3 Å². The van der Waals surface area contributed by atoms with Crippen LogP contribution in [0.5, 0.6) is 0 Å². The van der Waals surface area contributed by atoms with Gasteiger partial charge >= 0.3 is 6.18 Å². The van der Waals surface area contributed by atoms with E-state index in [0.29, 0.717) is 11.6 Å². The molecular formula is C15H13F3N2OS. The van der Waals surface area contributed by atoms with Crippen molar-refractivity contribution in [3.63, 3.8) is 0 Å². The average molecular weight is 326 g/mol. The van der Waals surface area contributed by atoms with Crippen LogP contribution in [0.15, 0.2) is 30.5 Å². The number of benzene rings is 1. The molecule has 0 radical (unpaired) electrons. The third-order valence-corrected chi connectivity index (χ3v) is 4.47. The molecule has 1 saturated carbocycles. The Morgan fingerprint density at radius 3 is 2.73 bits per heavy atom. The number of anilines is 1. The van der Waals surface area contributed by atoms with Gasteiger partial charge in [0, 0.05) is 17.0 Å². The number of nitrogens with zero attached hydrogens (tertiary/aromatic N) is 1. The Morgan fingerprint density at radius 2 is 2.09 bits per heavy atom. The van der Waals surface area contributed by atoms with Crippen molar-refractivity contribution in [2.45, 2.75) is 25.4 Å². The Kier molecular flexibility index (Phi) is 3.68. The van der Waals surface area contributed by atoms with Crippen molar-refractivity contribution in [3.05, 3.63) is 46.5 Å². The highest BCUT2D eigenvalue weighted by Gasteiger charge is 2.47. The van der Waals surface area contributed by atoms with E-state index in [4.69, 9.17) is 0 Å². The Bertz CT molecular complexity index is 711. The highest BCUT2D eigenvalue weighted by atomic mass is 32.1. The number of alkyl halides is 3. The van der Waals surface area contributed by atoms with Gasteiger partial charge in [-0.15, -0.1) is 11.3 Å². The molecule has 2 atom stereocenters. The minimum Gasteiger partial charge on any atom is -0.302 e. The van der Waals surface area contributed by atoms with E-state index in [1.54, 1.807) is 12.3 Å². The predicted octanol–water partition coefficient (Wildman–Crippen LogP) is 4.21. The summed E-state index contributed by atoms with van der Waals surface area (Å²) in [6.45, 7) is 1.87. The lowest BCUT2D eigenvalue weighted by molar-refractivity contribution is -0.138. The largest absolute Gasteiger partial charge is 0.416 e. The number of rotatable bonds is 3. The number of aromatic nitrogens is 1. The molecule has 22 heavy (non-hydrogen) atoms. The van der Waals surface area contributed by atoms with E-state index in [2.05, 4.69) is 10.3 Å². The first-order valence-corrected chi connectivity index (χ1v) is 7.57. The van der Waals surface area contributed by atoms with Gasteiger partial charge in [-0.1, -0.05) is 18.2 Å². The molecule has 116 valence electrons. The van der Waals surface area contributed by atoms with Gasteiger partial charge in [0.15, 0.2) is 5.13 Å². The zero-order chi connectivity index (χ0) is 15.9. The van der Waals surface area contributed by atoms with Crippen LogP contribution in [-0.2, 0) is 11.0 Å². The van der Waals surface area contributed by atoms with E-state index in [9.17, 15) is 18.0 Å². The third kappa shape index (κ3) is 2.99. The summed E-state index contributed by atoms with van der Waals surface area (Å²) < 4.78 is 39.0. The fraction of sp³-hybridized carbons (Fsp3) is 0.333. The number of amides is 1. The van der Waals surface area contributed by atoms with Crippen LogP contribution in [0.3, 0.4) is 0 Å². The van der Waals surface area contributed by atoms with Gasteiger partial charge in [-0.2, -0.15) is 13.2 Å². The molecule has 2 aromatic rings. The van der Waals surface area contributed by atoms with Crippen LogP contribution in [-0.4, -0.2) is 10.9 Å². The normalized spacial score (nSPS) is 20.7. The molecule has 0 spiro atoms.